The first kappa shape index (κ1) is 16.4. The van der Waals surface area contributed by atoms with E-state index in [-0.39, 0.29) is 5.91 Å². The first-order valence-corrected chi connectivity index (χ1v) is 8.77. The van der Waals surface area contributed by atoms with E-state index in [1.165, 1.54) is 5.56 Å². The van der Waals surface area contributed by atoms with Gasteiger partial charge in [-0.2, -0.15) is 5.10 Å². The molecule has 8 heteroatoms. The van der Waals surface area contributed by atoms with Crippen molar-refractivity contribution < 1.29 is 4.79 Å². The molecule has 0 saturated carbocycles. The molecule has 4 rings (SSSR count). The number of hydrogen-bond acceptors (Lipinski definition) is 5. The minimum atomic E-state index is 0.0560. The van der Waals surface area contributed by atoms with Crippen molar-refractivity contribution in [2.24, 2.45) is 0 Å². The monoisotopic (exact) mass is 351 g/mol. The van der Waals surface area contributed by atoms with Gasteiger partial charge in [0.2, 0.25) is 0 Å². The highest BCUT2D eigenvalue weighted by Crippen LogP contribution is 2.26. The van der Waals surface area contributed by atoms with Gasteiger partial charge in [-0.05, 0) is 34.0 Å². The van der Waals surface area contributed by atoms with Gasteiger partial charge in [-0.3, -0.25) is 9.89 Å². The molecule has 0 atom stereocenters. The van der Waals surface area contributed by atoms with Crippen LogP contribution in [0.25, 0.3) is 0 Å². The van der Waals surface area contributed by atoms with Crippen LogP contribution in [-0.2, 0) is 19.5 Å². The summed E-state index contributed by atoms with van der Waals surface area (Å²) in [6.45, 7) is 6.16. The van der Waals surface area contributed by atoms with Gasteiger partial charge in [0.05, 0.1) is 12.2 Å². The second-order valence-electron chi connectivity index (χ2n) is 6.90. The zero-order valence-corrected chi connectivity index (χ0v) is 14.9. The number of aromatic amines is 1. The second kappa shape index (κ2) is 6.70. The first-order chi connectivity index (χ1) is 12.6. The van der Waals surface area contributed by atoms with Crippen molar-refractivity contribution in [3.63, 3.8) is 0 Å². The van der Waals surface area contributed by atoms with Gasteiger partial charge < -0.3 is 4.90 Å². The zero-order chi connectivity index (χ0) is 18.1. The molecule has 2 aromatic heterocycles. The molecule has 0 radical (unpaired) electrons. The number of H-pyrrole nitrogens is 1. The fraction of sp³-hybridized carbons (Fsp3) is 0.389. The summed E-state index contributed by atoms with van der Waals surface area (Å²) in [4.78, 5) is 14.8. The molecule has 26 heavy (non-hydrogen) atoms. The summed E-state index contributed by atoms with van der Waals surface area (Å²) >= 11 is 0. The number of carbonyl (C=O) groups excluding carboxylic acids is 1. The van der Waals surface area contributed by atoms with Gasteiger partial charge >= 0.3 is 0 Å². The maximum absolute atomic E-state index is 12.9. The Kier molecular flexibility index (Phi) is 4.24. The van der Waals surface area contributed by atoms with Gasteiger partial charge in [-0.15, -0.1) is 5.10 Å². The van der Waals surface area contributed by atoms with Crippen LogP contribution in [0.3, 0.4) is 0 Å². The van der Waals surface area contributed by atoms with Crippen molar-refractivity contribution in [1.82, 2.24) is 35.3 Å². The summed E-state index contributed by atoms with van der Waals surface area (Å²) < 4.78 is 1.65. The molecule has 134 valence electrons. The average molecular weight is 351 g/mol. The lowest BCUT2D eigenvalue weighted by Gasteiger charge is -2.27. The van der Waals surface area contributed by atoms with E-state index in [0.29, 0.717) is 31.1 Å². The summed E-state index contributed by atoms with van der Waals surface area (Å²) in [5.74, 6) is 0.399. The Morgan fingerprint density at radius 3 is 2.77 bits per heavy atom. The van der Waals surface area contributed by atoms with Crippen LogP contribution < -0.4 is 0 Å². The highest BCUT2D eigenvalue weighted by molar-refractivity contribution is 5.94. The quantitative estimate of drug-likeness (QED) is 0.773. The van der Waals surface area contributed by atoms with Crippen molar-refractivity contribution in [1.29, 1.82) is 0 Å². The molecule has 1 aliphatic heterocycles. The smallest absolute Gasteiger partial charge is 0.254 e. The molecule has 8 nitrogen and oxygen atoms in total. The number of benzene rings is 1. The van der Waals surface area contributed by atoms with Gasteiger partial charge in [-0.1, -0.05) is 26.0 Å². The maximum atomic E-state index is 12.9. The average Bonchev–Trinajstić information content (AvgIpc) is 3.30. The summed E-state index contributed by atoms with van der Waals surface area (Å²) in [6, 6.07) is 7.63. The molecular formula is C18H21N7O. The number of amides is 1. The molecule has 0 fully saturated rings. The van der Waals surface area contributed by atoms with Gasteiger partial charge in [0.15, 0.2) is 0 Å². The lowest BCUT2D eigenvalue weighted by molar-refractivity contribution is 0.0733. The number of nitrogens with one attached hydrogen (secondary N) is 1. The topological polar surface area (TPSA) is 92.6 Å². The highest BCUT2D eigenvalue weighted by Gasteiger charge is 2.26. The van der Waals surface area contributed by atoms with E-state index in [1.807, 2.05) is 29.2 Å². The Hall–Kier alpha value is -3.03. The molecule has 0 spiro atoms. The van der Waals surface area contributed by atoms with Gasteiger partial charge in [0.25, 0.3) is 5.91 Å². The third-order valence-electron chi connectivity index (χ3n) is 4.74. The third kappa shape index (κ3) is 3.10. The number of aromatic nitrogens is 6. The fourth-order valence-corrected chi connectivity index (χ4v) is 3.34. The number of rotatable bonds is 4. The summed E-state index contributed by atoms with van der Waals surface area (Å²) in [7, 11) is 0. The Morgan fingerprint density at radius 1 is 1.27 bits per heavy atom. The molecule has 1 amide bonds. The van der Waals surface area contributed by atoms with Crippen LogP contribution in [0.2, 0.25) is 0 Å². The van der Waals surface area contributed by atoms with Crippen LogP contribution in [0.1, 0.15) is 52.6 Å². The van der Waals surface area contributed by atoms with E-state index in [2.05, 4.69) is 39.6 Å². The molecular weight excluding hydrogens is 330 g/mol. The summed E-state index contributed by atoms with van der Waals surface area (Å²) in [5.41, 5.74) is 5.15. The van der Waals surface area contributed by atoms with E-state index in [4.69, 9.17) is 0 Å². The Morgan fingerprint density at radius 2 is 2.08 bits per heavy atom. The second-order valence-corrected chi connectivity index (χ2v) is 6.90. The van der Waals surface area contributed by atoms with Crippen molar-refractivity contribution in [3.8, 4) is 0 Å². The highest BCUT2D eigenvalue weighted by atomic mass is 16.2. The third-order valence-corrected chi connectivity index (χ3v) is 4.74. The minimum Gasteiger partial charge on any atom is -0.334 e. The van der Waals surface area contributed by atoms with Crippen molar-refractivity contribution >= 4 is 5.91 Å². The van der Waals surface area contributed by atoms with Crippen LogP contribution in [0.5, 0.6) is 0 Å². The molecule has 0 aliphatic carbocycles. The van der Waals surface area contributed by atoms with Crippen LogP contribution in [0.4, 0.5) is 0 Å². The number of fused-ring (bicyclic) bond motifs is 1. The van der Waals surface area contributed by atoms with Crippen molar-refractivity contribution in [2.45, 2.75) is 39.3 Å². The Bertz CT molecular complexity index is 896. The number of tetrazole rings is 1. The van der Waals surface area contributed by atoms with E-state index in [0.717, 1.165) is 23.4 Å². The van der Waals surface area contributed by atoms with E-state index >= 15 is 0 Å². The maximum Gasteiger partial charge on any atom is 0.254 e. The minimum absolute atomic E-state index is 0.0560. The Balaban J connectivity index is 1.48. The van der Waals surface area contributed by atoms with Crippen LogP contribution in [0.15, 0.2) is 30.6 Å². The fourth-order valence-electron chi connectivity index (χ4n) is 3.34. The van der Waals surface area contributed by atoms with Crippen LogP contribution in [-0.4, -0.2) is 47.8 Å². The van der Waals surface area contributed by atoms with Gasteiger partial charge in [0.1, 0.15) is 6.33 Å². The van der Waals surface area contributed by atoms with E-state index in [1.54, 1.807) is 11.0 Å². The number of nitrogens with zero attached hydrogens (tertiary/aromatic N) is 6. The predicted molar refractivity (Wildman–Crippen MR) is 94.5 cm³/mol. The lowest BCUT2D eigenvalue weighted by Crippen LogP contribution is -2.36. The van der Waals surface area contributed by atoms with Crippen molar-refractivity contribution in [2.75, 3.05) is 6.54 Å². The largest absolute Gasteiger partial charge is 0.334 e. The molecule has 0 unspecified atom stereocenters. The molecule has 1 aromatic carbocycles. The Labute approximate surface area is 151 Å². The molecule has 0 saturated heterocycles. The lowest BCUT2D eigenvalue weighted by atomic mass is 9.99. The number of carbonyl (C=O) groups is 1. The molecule has 0 bridgehead atoms. The normalized spacial score (nSPS) is 13.9. The molecule has 3 aromatic rings. The van der Waals surface area contributed by atoms with E-state index in [9.17, 15) is 4.79 Å². The summed E-state index contributed by atoms with van der Waals surface area (Å²) in [5, 5.41) is 18.7. The number of hydrogen-bond donors (Lipinski definition) is 1. The predicted octanol–water partition coefficient (Wildman–Crippen LogP) is 1.77. The van der Waals surface area contributed by atoms with E-state index < -0.39 is 0 Å². The van der Waals surface area contributed by atoms with Crippen LogP contribution in [0, 0.1) is 0 Å². The molecule has 3 heterocycles. The molecule has 1 N–H and O–H groups in total. The van der Waals surface area contributed by atoms with Crippen LogP contribution >= 0.6 is 0 Å². The standard InChI is InChI=1S/C18H21N7O/c1-12(2)17-15-10-24(8-7-16(15)20-21-17)18(26)14-5-3-13(4-6-14)9-25-11-19-22-23-25/h3-6,11-12H,7-10H2,1-2H3,(H,20,21). The zero-order valence-electron chi connectivity index (χ0n) is 14.9. The van der Waals surface area contributed by atoms with Gasteiger partial charge in [0, 0.05) is 36.3 Å². The molecule has 1 aliphatic rings. The van der Waals surface area contributed by atoms with Gasteiger partial charge in [-0.25, -0.2) is 4.68 Å². The SMILES string of the molecule is CC(C)c1n[nH]c2c1CN(C(=O)c1ccc(Cn3cnnn3)cc1)CC2. The van der Waals surface area contributed by atoms with Crippen molar-refractivity contribution in [3.05, 3.63) is 58.7 Å². The summed E-state index contributed by atoms with van der Waals surface area (Å²) in [6.07, 6.45) is 2.39. The first-order valence-electron chi connectivity index (χ1n) is 8.77.